The Kier molecular flexibility index (Phi) is 4.95. The molecule has 140 valence electrons. The van der Waals surface area contributed by atoms with Crippen molar-refractivity contribution in [1.29, 1.82) is 0 Å². The maximum atomic E-state index is 12.4. The van der Waals surface area contributed by atoms with Gasteiger partial charge in [0.25, 0.3) is 0 Å². The predicted molar refractivity (Wildman–Crippen MR) is 99.4 cm³/mol. The van der Waals surface area contributed by atoms with Gasteiger partial charge in [-0.3, -0.25) is 4.72 Å². The summed E-state index contributed by atoms with van der Waals surface area (Å²) in [6.45, 7) is 1.59. The number of nitrogens with zero attached hydrogens (tertiary/aromatic N) is 3. The van der Waals surface area contributed by atoms with Gasteiger partial charge in [-0.15, -0.1) is 10.2 Å². The molecule has 1 aromatic heterocycles. The first-order chi connectivity index (χ1) is 12.6. The third-order valence-corrected chi connectivity index (χ3v) is 6.31. The zero-order valence-electron chi connectivity index (χ0n) is 14.7. The SMILES string of the molecule is O=S(=O)(C[C@H]1CCCCO1)Nc1ccc(-c2nnc3n2CCCC3)cc1. The van der Waals surface area contributed by atoms with Crippen LogP contribution in [0.1, 0.15) is 37.9 Å². The summed E-state index contributed by atoms with van der Waals surface area (Å²) in [5, 5.41) is 8.57. The molecule has 0 unspecified atom stereocenters. The highest BCUT2D eigenvalue weighted by molar-refractivity contribution is 7.92. The summed E-state index contributed by atoms with van der Waals surface area (Å²) in [5.41, 5.74) is 1.51. The van der Waals surface area contributed by atoms with Crippen LogP contribution in [0.3, 0.4) is 0 Å². The van der Waals surface area contributed by atoms with Crippen LogP contribution in [0.5, 0.6) is 0 Å². The molecule has 8 heteroatoms. The number of anilines is 1. The van der Waals surface area contributed by atoms with Crippen LogP contribution in [0, 0.1) is 0 Å². The van der Waals surface area contributed by atoms with E-state index < -0.39 is 10.0 Å². The highest BCUT2D eigenvalue weighted by Crippen LogP contribution is 2.24. The number of hydrogen-bond acceptors (Lipinski definition) is 5. The number of nitrogens with one attached hydrogen (secondary N) is 1. The van der Waals surface area contributed by atoms with E-state index in [-0.39, 0.29) is 11.9 Å². The Morgan fingerprint density at radius 2 is 1.96 bits per heavy atom. The maximum absolute atomic E-state index is 12.4. The topological polar surface area (TPSA) is 86.1 Å². The van der Waals surface area contributed by atoms with Gasteiger partial charge in [-0.1, -0.05) is 0 Å². The summed E-state index contributed by atoms with van der Waals surface area (Å²) in [7, 11) is -3.42. The summed E-state index contributed by atoms with van der Waals surface area (Å²) in [5.74, 6) is 1.89. The highest BCUT2D eigenvalue weighted by Gasteiger charge is 2.22. The van der Waals surface area contributed by atoms with Gasteiger partial charge >= 0.3 is 0 Å². The van der Waals surface area contributed by atoms with Crippen LogP contribution in [0.15, 0.2) is 24.3 Å². The van der Waals surface area contributed by atoms with Crippen LogP contribution in [0.4, 0.5) is 5.69 Å². The molecule has 0 radical (unpaired) electrons. The Bertz CT molecular complexity index is 855. The van der Waals surface area contributed by atoms with E-state index in [0.29, 0.717) is 12.3 Å². The van der Waals surface area contributed by atoms with Crippen molar-refractivity contribution in [3.63, 3.8) is 0 Å². The van der Waals surface area contributed by atoms with Gasteiger partial charge in [-0.2, -0.15) is 0 Å². The van der Waals surface area contributed by atoms with Gasteiger partial charge < -0.3 is 9.30 Å². The fraction of sp³-hybridized carbons (Fsp3) is 0.556. The highest BCUT2D eigenvalue weighted by atomic mass is 32.2. The first-order valence-electron chi connectivity index (χ1n) is 9.25. The largest absolute Gasteiger partial charge is 0.377 e. The van der Waals surface area contributed by atoms with Gasteiger partial charge in [0.05, 0.1) is 11.9 Å². The smallest absolute Gasteiger partial charge is 0.235 e. The molecule has 1 N–H and O–H groups in total. The molecule has 0 aliphatic carbocycles. The van der Waals surface area contributed by atoms with Crippen LogP contribution in [-0.2, 0) is 27.7 Å². The Hall–Kier alpha value is -1.93. The van der Waals surface area contributed by atoms with Crippen molar-refractivity contribution in [3.05, 3.63) is 30.1 Å². The molecule has 1 saturated heterocycles. The molecule has 0 spiro atoms. The van der Waals surface area contributed by atoms with Gasteiger partial charge in [0.1, 0.15) is 5.82 Å². The lowest BCUT2D eigenvalue weighted by Gasteiger charge is -2.22. The lowest BCUT2D eigenvalue weighted by atomic mass is 10.1. The molecular formula is C18H24N4O3S. The van der Waals surface area contributed by atoms with Crippen molar-refractivity contribution < 1.29 is 13.2 Å². The number of aryl methyl sites for hydroxylation is 1. The van der Waals surface area contributed by atoms with Crippen molar-refractivity contribution >= 4 is 15.7 Å². The molecule has 3 heterocycles. The lowest BCUT2D eigenvalue weighted by molar-refractivity contribution is 0.0306. The van der Waals surface area contributed by atoms with E-state index in [2.05, 4.69) is 19.5 Å². The van der Waals surface area contributed by atoms with E-state index >= 15 is 0 Å². The van der Waals surface area contributed by atoms with E-state index in [0.717, 1.165) is 62.3 Å². The Balaban J connectivity index is 1.45. The van der Waals surface area contributed by atoms with Gasteiger partial charge in [0.2, 0.25) is 10.0 Å². The summed E-state index contributed by atoms with van der Waals surface area (Å²) < 4.78 is 35.1. The van der Waals surface area contributed by atoms with Crippen molar-refractivity contribution in [2.75, 3.05) is 17.1 Å². The number of ether oxygens (including phenoxy) is 1. The molecule has 1 aromatic carbocycles. The molecule has 26 heavy (non-hydrogen) atoms. The fourth-order valence-electron chi connectivity index (χ4n) is 3.61. The maximum Gasteiger partial charge on any atom is 0.235 e. The van der Waals surface area contributed by atoms with Gasteiger partial charge in [-0.05, 0) is 56.4 Å². The molecule has 0 saturated carbocycles. The third kappa shape index (κ3) is 3.91. The first kappa shape index (κ1) is 17.5. The predicted octanol–water partition coefficient (Wildman–Crippen LogP) is 2.59. The number of rotatable bonds is 5. The second-order valence-corrected chi connectivity index (χ2v) is 8.76. The molecule has 0 bridgehead atoms. The monoisotopic (exact) mass is 376 g/mol. The van der Waals surface area contributed by atoms with Crippen molar-refractivity contribution in [2.24, 2.45) is 0 Å². The van der Waals surface area contributed by atoms with E-state index in [9.17, 15) is 8.42 Å². The second kappa shape index (κ2) is 7.36. The zero-order chi connectivity index (χ0) is 18.0. The minimum absolute atomic E-state index is 0.00639. The van der Waals surface area contributed by atoms with Crippen molar-refractivity contribution in [1.82, 2.24) is 14.8 Å². The molecule has 0 amide bonds. The second-order valence-electron chi connectivity index (χ2n) is 7.00. The number of sulfonamides is 1. The quantitative estimate of drug-likeness (QED) is 0.867. The summed E-state index contributed by atoms with van der Waals surface area (Å²) >= 11 is 0. The Morgan fingerprint density at radius 3 is 2.73 bits per heavy atom. The normalized spacial score (nSPS) is 20.5. The summed E-state index contributed by atoms with van der Waals surface area (Å²) in [6, 6.07) is 7.33. The van der Waals surface area contributed by atoms with E-state index in [1.807, 2.05) is 12.1 Å². The fourth-order valence-corrected chi connectivity index (χ4v) is 4.94. The summed E-state index contributed by atoms with van der Waals surface area (Å²) in [4.78, 5) is 0. The molecule has 1 fully saturated rings. The minimum atomic E-state index is -3.42. The van der Waals surface area contributed by atoms with Crippen LogP contribution in [-0.4, -0.2) is 41.6 Å². The molecule has 1 atom stereocenters. The lowest BCUT2D eigenvalue weighted by Crippen LogP contribution is -2.30. The number of fused-ring (bicyclic) bond motifs is 1. The van der Waals surface area contributed by atoms with Crippen LogP contribution < -0.4 is 4.72 Å². The van der Waals surface area contributed by atoms with Crippen LogP contribution in [0.2, 0.25) is 0 Å². The average molecular weight is 376 g/mol. The molecular weight excluding hydrogens is 352 g/mol. The van der Waals surface area contributed by atoms with Crippen LogP contribution in [0.25, 0.3) is 11.4 Å². The number of benzene rings is 1. The van der Waals surface area contributed by atoms with E-state index in [1.165, 1.54) is 0 Å². The number of aromatic nitrogens is 3. The number of hydrogen-bond donors (Lipinski definition) is 1. The third-order valence-electron chi connectivity index (χ3n) is 4.96. The van der Waals surface area contributed by atoms with Gasteiger partial charge in [-0.25, -0.2) is 8.42 Å². The molecule has 7 nitrogen and oxygen atoms in total. The molecule has 2 aliphatic heterocycles. The van der Waals surface area contributed by atoms with E-state index in [4.69, 9.17) is 4.74 Å². The first-order valence-corrected chi connectivity index (χ1v) is 10.9. The zero-order valence-corrected chi connectivity index (χ0v) is 15.5. The minimum Gasteiger partial charge on any atom is -0.377 e. The van der Waals surface area contributed by atoms with Crippen LogP contribution >= 0.6 is 0 Å². The molecule has 2 aromatic rings. The summed E-state index contributed by atoms with van der Waals surface area (Å²) in [6.07, 6.45) is 5.90. The van der Waals surface area contributed by atoms with Gasteiger partial charge in [0, 0.05) is 30.8 Å². The van der Waals surface area contributed by atoms with Gasteiger partial charge in [0.15, 0.2) is 5.82 Å². The molecule has 4 rings (SSSR count). The van der Waals surface area contributed by atoms with Crippen molar-refractivity contribution in [3.8, 4) is 11.4 Å². The molecule has 2 aliphatic rings. The standard InChI is InChI=1S/C18H24N4O3S/c23-26(24,13-16-5-2-4-12-25-16)21-15-9-7-14(8-10-15)18-20-19-17-6-1-3-11-22(17)18/h7-10,16,21H,1-6,11-13H2/t16-/m1/s1. The van der Waals surface area contributed by atoms with Crippen molar-refractivity contribution in [2.45, 2.75) is 51.2 Å². The Morgan fingerprint density at radius 1 is 1.12 bits per heavy atom. The Labute approximate surface area is 153 Å². The van der Waals surface area contributed by atoms with E-state index in [1.54, 1.807) is 12.1 Å². The average Bonchev–Trinajstić information content (AvgIpc) is 3.07.